The van der Waals surface area contributed by atoms with E-state index >= 15 is 0 Å². The number of non-ortho nitro benzene ring substituents is 1. The highest BCUT2D eigenvalue weighted by atomic mass is 35.5. The highest BCUT2D eigenvalue weighted by Gasteiger charge is 2.21. The van der Waals surface area contributed by atoms with Crippen LogP contribution in [0.5, 0.6) is 17.2 Å². The van der Waals surface area contributed by atoms with Crippen LogP contribution in [0.4, 0.5) is 11.4 Å². The molecule has 34 heavy (non-hydrogen) atoms. The maximum absolute atomic E-state index is 11.9. The Morgan fingerprint density at radius 3 is 2.47 bits per heavy atom. The van der Waals surface area contributed by atoms with Gasteiger partial charge in [0.15, 0.2) is 6.61 Å². The van der Waals surface area contributed by atoms with Crippen LogP contribution in [0.3, 0.4) is 0 Å². The van der Waals surface area contributed by atoms with Crippen molar-refractivity contribution in [2.45, 2.75) is 0 Å². The molecule has 0 aliphatic carbocycles. The van der Waals surface area contributed by atoms with Crippen molar-refractivity contribution in [1.29, 1.82) is 0 Å². The van der Waals surface area contributed by atoms with Gasteiger partial charge in [0, 0.05) is 11.1 Å². The van der Waals surface area contributed by atoms with Crippen LogP contribution in [-0.2, 0) is 4.79 Å². The number of benzene rings is 3. The molecule has 0 spiro atoms. The quantitative estimate of drug-likeness (QED) is 0.241. The van der Waals surface area contributed by atoms with Crippen molar-refractivity contribution in [3.05, 3.63) is 96.5 Å². The van der Waals surface area contributed by atoms with Crippen LogP contribution < -0.4 is 14.9 Å². The van der Waals surface area contributed by atoms with E-state index in [4.69, 9.17) is 32.7 Å². The summed E-state index contributed by atoms with van der Waals surface area (Å²) in [6.45, 7) is -0.342. The number of nitro benzene ring substituents is 2. The highest BCUT2D eigenvalue weighted by Crippen LogP contribution is 2.34. The minimum atomic E-state index is -0.775. The van der Waals surface area contributed by atoms with Crippen LogP contribution in [0, 0.1) is 20.2 Å². The smallest absolute Gasteiger partial charge is 0.318 e. The monoisotopic (exact) mass is 504 g/mol. The molecule has 13 heteroatoms. The minimum absolute atomic E-state index is 0.170. The molecule has 1 N–H and O–H groups in total. The number of amides is 1. The maximum atomic E-state index is 11.9. The molecular formula is C21H14Cl2N4O7. The largest absolute Gasteiger partial charge is 0.482 e. The predicted molar refractivity (Wildman–Crippen MR) is 124 cm³/mol. The van der Waals surface area contributed by atoms with Crippen molar-refractivity contribution in [2.24, 2.45) is 5.10 Å². The molecule has 3 aromatic rings. The van der Waals surface area contributed by atoms with Crippen LogP contribution in [0.25, 0.3) is 0 Å². The summed E-state index contributed by atoms with van der Waals surface area (Å²) >= 11 is 11.8. The van der Waals surface area contributed by atoms with Gasteiger partial charge in [0.1, 0.15) is 11.5 Å². The Morgan fingerprint density at radius 1 is 1.00 bits per heavy atom. The van der Waals surface area contributed by atoms with Gasteiger partial charge >= 0.3 is 5.69 Å². The molecule has 0 aliphatic heterocycles. The third-order valence-electron chi connectivity index (χ3n) is 4.09. The Hall–Kier alpha value is -4.22. The second-order valence-corrected chi connectivity index (χ2v) is 7.34. The standard InChI is InChI=1S/C21H14Cl2N4O7/c22-14-4-6-19(17(23)9-14)33-12-21(28)25-24-11-13-2-1-3-16(8-13)34-20-7-5-15(26(29)30)10-18(20)27(31)32/h1-11H,12H2,(H,25,28)/b24-11+. The van der Waals surface area contributed by atoms with Crippen molar-refractivity contribution in [3.8, 4) is 17.2 Å². The first-order chi connectivity index (χ1) is 16.2. The average Bonchev–Trinajstić information content (AvgIpc) is 2.78. The molecule has 0 aliphatic rings. The van der Waals surface area contributed by atoms with E-state index in [0.717, 1.165) is 18.2 Å². The summed E-state index contributed by atoms with van der Waals surface area (Å²) < 4.78 is 10.8. The van der Waals surface area contributed by atoms with Gasteiger partial charge in [-0.3, -0.25) is 25.0 Å². The summed E-state index contributed by atoms with van der Waals surface area (Å²) in [5.41, 5.74) is 1.80. The second-order valence-electron chi connectivity index (χ2n) is 6.50. The SMILES string of the molecule is O=C(COc1ccc(Cl)cc1Cl)N/N=C/c1cccc(Oc2ccc([N+](=O)[O-])cc2[N+](=O)[O-])c1. The Labute approximate surface area is 201 Å². The first-order valence-corrected chi connectivity index (χ1v) is 10.1. The highest BCUT2D eigenvalue weighted by molar-refractivity contribution is 6.35. The van der Waals surface area contributed by atoms with E-state index in [-0.39, 0.29) is 28.9 Å². The van der Waals surface area contributed by atoms with Gasteiger partial charge in [0.05, 0.1) is 27.2 Å². The van der Waals surface area contributed by atoms with E-state index in [1.165, 1.54) is 30.5 Å². The lowest BCUT2D eigenvalue weighted by Gasteiger charge is -2.07. The van der Waals surface area contributed by atoms with Gasteiger partial charge in [0.25, 0.3) is 11.6 Å². The fourth-order valence-corrected chi connectivity index (χ4v) is 3.04. The van der Waals surface area contributed by atoms with Gasteiger partial charge in [-0.05, 0) is 42.0 Å². The molecule has 3 aromatic carbocycles. The summed E-state index contributed by atoms with van der Waals surface area (Å²) in [6.07, 6.45) is 1.32. The zero-order valence-electron chi connectivity index (χ0n) is 17.0. The normalized spacial score (nSPS) is 10.6. The van der Waals surface area contributed by atoms with Gasteiger partial charge in [-0.2, -0.15) is 5.10 Å². The van der Waals surface area contributed by atoms with Crippen molar-refractivity contribution in [2.75, 3.05) is 6.61 Å². The number of carbonyl (C=O) groups excluding carboxylic acids is 1. The minimum Gasteiger partial charge on any atom is -0.482 e. The topological polar surface area (TPSA) is 146 Å². The summed E-state index contributed by atoms with van der Waals surface area (Å²) in [5, 5.41) is 26.6. The Balaban J connectivity index is 1.61. The summed E-state index contributed by atoms with van der Waals surface area (Å²) in [5.74, 6) is -0.212. The van der Waals surface area contributed by atoms with Crippen molar-refractivity contribution in [1.82, 2.24) is 5.43 Å². The zero-order chi connectivity index (χ0) is 24.7. The average molecular weight is 505 g/mol. The number of hydrogen-bond acceptors (Lipinski definition) is 8. The number of halogens is 2. The van der Waals surface area contributed by atoms with E-state index < -0.39 is 27.1 Å². The fraction of sp³-hybridized carbons (Fsp3) is 0.0476. The van der Waals surface area contributed by atoms with E-state index in [1.54, 1.807) is 18.2 Å². The number of nitrogens with zero attached hydrogens (tertiary/aromatic N) is 3. The van der Waals surface area contributed by atoms with Gasteiger partial charge < -0.3 is 9.47 Å². The number of nitro groups is 2. The molecule has 3 rings (SSSR count). The van der Waals surface area contributed by atoms with Crippen LogP contribution >= 0.6 is 23.2 Å². The number of hydrazone groups is 1. The molecule has 1 amide bonds. The summed E-state index contributed by atoms with van der Waals surface area (Å²) in [6, 6.07) is 13.9. The molecular weight excluding hydrogens is 491 g/mol. The molecule has 0 aromatic heterocycles. The molecule has 0 saturated heterocycles. The van der Waals surface area contributed by atoms with Gasteiger partial charge in [-0.1, -0.05) is 35.3 Å². The lowest BCUT2D eigenvalue weighted by Crippen LogP contribution is -2.24. The third kappa shape index (κ3) is 6.64. The number of carbonyl (C=O) groups is 1. The Kier molecular flexibility index (Phi) is 7.96. The summed E-state index contributed by atoms with van der Waals surface area (Å²) in [4.78, 5) is 32.5. The van der Waals surface area contributed by atoms with Crippen LogP contribution in [0.1, 0.15) is 5.56 Å². The maximum Gasteiger partial charge on any atom is 0.318 e. The molecule has 0 heterocycles. The van der Waals surface area contributed by atoms with E-state index in [2.05, 4.69) is 10.5 Å². The molecule has 0 saturated carbocycles. The predicted octanol–water partition coefficient (Wildman–Crippen LogP) is 5.13. The van der Waals surface area contributed by atoms with Crippen LogP contribution in [0.2, 0.25) is 10.0 Å². The van der Waals surface area contributed by atoms with Crippen molar-refractivity contribution < 1.29 is 24.1 Å². The van der Waals surface area contributed by atoms with Crippen molar-refractivity contribution >= 4 is 46.7 Å². The van der Waals surface area contributed by atoms with Gasteiger partial charge in [0.2, 0.25) is 5.75 Å². The molecule has 174 valence electrons. The molecule has 11 nitrogen and oxygen atoms in total. The zero-order valence-corrected chi connectivity index (χ0v) is 18.5. The number of hydrogen-bond donors (Lipinski definition) is 1. The molecule has 0 fully saturated rings. The van der Waals surface area contributed by atoms with E-state index in [9.17, 15) is 25.0 Å². The van der Waals surface area contributed by atoms with Crippen LogP contribution in [-0.4, -0.2) is 28.6 Å². The Morgan fingerprint density at radius 2 is 1.76 bits per heavy atom. The number of rotatable bonds is 9. The first kappa shape index (κ1) is 24.4. The first-order valence-electron chi connectivity index (χ1n) is 9.33. The summed E-state index contributed by atoms with van der Waals surface area (Å²) in [7, 11) is 0. The molecule has 0 radical (unpaired) electrons. The van der Waals surface area contributed by atoms with Crippen molar-refractivity contribution in [3.63, 3.8) is 0 Å². The van der Waals surface area contributed by atoms with E-state index in [0.29, 0.717) is 10.6 Å². The van der Waals surface area contributed by atoms with E-state index in [1.807, 2.05) is 0 Å². The fourth-order valence-electron chi connectivity index (χ4n) is 2.58. The third-order valence-corrected chi connectivity index (χ3v) is 4.62. The van der Waals surface area contributed by atoms with Gasteiger partial charge in [-0.15, -0.1) is 0 Å². The molecule has 0 bridgehead atoms. The lowest BCUT2D eigenvalue weighted by molar-refractivity contribution is -0.394. The van der Waals surface area contributed by atoms with Gasteiger partial charge in [-0.25, -0.2) is 5.43 Å². The second kappa shape index (κ2) is 11.1. The van der Waals surface area contributed by atoms with Crippen LogP contribution in [0.15, 0.2) is 65.8 Å². The number of ether oxygens (including phenoxy) is 2. The molecule has 0 atom stereocenters. The number of nitrogens with one attached hydrogen (secondary N) is 1. The lowest BCUT2D eigenvalue weighted by atomic mass is 10.2. The Bertz CT molecular complexity index is 1280. The molecule has 0 unspecified atom stereocenters.